The summed E-state index contributed by atoms with van der Waals surface area (Å²) in [6, 6.07) is 13.0. The van der Waals surface area contributed by atoms with Gasteiger partial charge in [0.2, 0.25) is 11.0 Å². The van der Waals surface area contributed by atoms with Gasteiger partial charge < -0.3 is 14.4 Å². The Bertz CT molecular complexity index is 1130. The van der Waals surface area contributed by atoms with Crippen molar-refractivity contribution in [1.82, 2.24) is 10.2 Å². The van der Waals surface area contributed by atoms with Crippen molar-refractivity contribution < 1.29 is 19.1 Å². The van der Waals surface area contributed by atoms with Crippen LogP contribution in [0.5, 0.6) is 11.5 Å². The van der Waals surface area contributed by atoms with Gasteiger partial charge in [0.15, 0.2) is 0 Å². The molecule has 1 N–H and O–H groups in total. The molecule has 1 aliphatic heterocycles. The van der Waals surface area contributed by atoms with Gasteiger partial charge in [0, 0.05) is 30.6 Å². The second-order valence-electron chi connectivity index (χ2n) is 7.39. The summed E-state index contributed by atoms with van der Waals surface area (Å²) in [5.41, 5.74) is 2.48. The van der Waals surface area contributed by atoms with Gasteiger partial charge in [-0.25, -0.2) is 0 Å². The molecule has 0 aliphatic carbocycles. The fraction of sp³-hybridized carbons (Fsp3) is 0.304. The highest BCUT2D eigenvalue weighted by Crippen LogP contribution is 2.34. The first-order valence-electron chi connectivity index (χ1n) is 10.3. The molecule has 3 aromatic rings. The molecule has 9 heteroatoms. The molecular weight excluding hydrogens is 428 g/mol. The Hall–Kier alpha value is -3.46. The largest absolute Gasteiger partial charge is 0.497 e. The van der Waals surface area contributed by atoms with Gasteiger partial charge in [0.05, 0.1) is 19.8 Å². The third-order valence-corrected chi connectivity index (χ3v) is 6.45. The predicted octanol–water partition coefficient (Wildman–Crippen LogP) is 3.89. The van der Waals surface area contributed by atoms with Crippen molar-refractivity contribution in [1.29, 1.82) is 0 Å². The Kier molecular flexibility index (Phi) is 6.36. The number of carbonyl (C=O) groups excluding carboxylic acids is 2. The minimum atomic E-state index is -0.354. The summed E-state index contributed by atoms with van der Waals surface area (Å²) in [5.74, 6) is 0.636. The Morgan fingerprint density at radius 1 is 1.16 bits per heavy atom. The number of methoxy groups -OCH3 is 2. The minimum Gasteiger partial charge on any atom is -0.497 e. The summed E-state index contributed by atoms with van der Waals surface area (Å²) >= 11 is 1.28. The monoisotopic (exact) mass is 452 g/mol. The standard InChI is InChI=1S/C23H24N4O4S/c1-4-14-5-7-16(8-6-14)27-13-15(11-20(27)28)22-25-26-23(32-22)24-21(29)18-10-9-17(30-2)12-19(18)31-3/h5-10,12,15H,4,11,13H2,1-3H3,(H,24,26,29)/t15-/m1/s1. The lowest BCUT2D eigenvalue weighted by Gasteiger charge is -2.16. The van der Waals surface area contributed by atoms with Gasteiger partial charge in [-0.3, -0.25) is 14.9 Å². The van der Waals surface area contributed by atoms with Crippen LogP contribution < -0.4 is 19.7 Å². The normalized spacial score (nSPS) is 15.7. The molecule has 0 radical (unpaired) electrons. The van der Waals surface area contributed by atoms with Gasteiger partial charge in [-0.1, -0.05) is 30.4 Å². The third kappa shape index (κ3) is 4.43. The van der Waals surface area contributed by atoms with Crippen LogP contribution in [0.15, 0.2) is 42.5 Å². The Balaban J connectivity index is 1.45. The average molecular weight is 453 g/mol. The van der Waals surface area contributed by atoms with Crippen LogP contribution >= 0.6 is 11.3 Å². The first kappa shape index (κ1) is 21.8. The molecule has 0 bridgehead atoms. The summed E-state index contributed by atoms with van der Waals surface area (Å²) in [6.07, 6.45) is 1.32. The Morgan fingerprint density at radius 2 is 1.94 bits per heavy atom. The SMILES string of the molecule is CCc1ccc(N2C[C@H](c3nnc(NC(=O)c4ccc(OC)cc4OC)s3)CC2=O)cc1. The molecule has 1 saturated heterocycles. The molecule has 2 aromatic carbocycles. The van der Waals surface area contributed by atoms with Gasteiger partial charge in [-0.05, 0) is 36.2 Å². The van der Waals surface area contributed by atoms with E-state index in [0.717, 1.165) is 17.1 Å². The smallest absolute Gasteiger partial charge is 0.261 e. The summed E-state index contributed by atoms with van der Waals surface area (Å²) in [6.45, 7) is 2.64. The van der Waals surface area contributed by atoms with E-state index >= 15 is 0 Å². The van der Waals surface area contributed by atoms with Crippen molar-refractivity contribution in [3.63, 3.8) is 0 Å². The van der Waals surface area contributed by atoms with Gasteiger partial charge in [0.1, 0.15) is 16.5 Å². The van der Waals surface area contributed by atoms with Crippen LogP contribution in [-0.2, 0) is 11.2 Å². The van der Waals surface area contributed by atoms with E-state index in [1.165, 1.54) is 24.0 Å². The van der Waals surface area contributed by atoms with Crippen molar-refractivity contribution in [3.05, 3.63) is 58.6 Å². The van der Waals surface area contributed by atoms with Gasteiger partial charge in [-0.15, -0.1) is 10.2 Å². The highest BCUT2D eigenvalue weighted by molar-refractivity contribution is 7.15. The maximum atomic E-state index is 12.7. The van der Waals surface area contributed by atoms with E-state index in [9.17, 15) is 9.59 Å². The molecule has 166 valence electrons. The molecular formula is C23H24N4O4S. The van der Waals surface area contributed by atoms with Crippen molar-refractivity contribution in [2.45, 2.75) is 25.7 Å². The number of aryl methyl sites for hydroxylation is 1. The molecule has 1 atom stereocenters. The molecule has 0 saturated carbocycles. The first-order valence-corrected chi connectivity index (χ1v) is 11.1. The van der Waals surface area contributed by atoms with E-state index in [0.29, 0.717) is 35.2 Å². The molecule has 1 aliphatic rings. The fourth-order valence-corrected chi connectivity index (χ4v) is 4.46. The van der Waals surface area contributed by atoms with E-state index in [1.807, 2.05) is 24.3 Å². The number of amides is 2. The van der Waals surface area contributed by atoms with Crippen LogP contribution in [0.4, 0.5) is 10.8 Å². The van der Waals surface area contributed by atoms with E-state index < -0.39 is 0 Å². The molecule has 0 spiro atoms. The molecule has 2 heterocycles. The minimum absolute atomic E-state index is 0.0583. The molecule has 2 amide bonds. The maximum absolute atomic E-state index is 12.7. The Morgan fingerprint density at radius 3 is 2.62 bits per heavy atom. The predicted molar refractivity (Wildman–Crippen MR) is 123 cm³/mol. The Labute approximate surface area is 190 Å². The number of hydrogen-bond donors (Lipinski definition) is 1. The topological polar surface area (TPSA) is 93.7 Å². The van der Waals surface area contributed by atoms with Crippen LogP contribution in [0.25, 0.3) is 0 Å². The van der Waals surface area contributed by atoms with Crippen molar-refractivity contribution >= 4 is 34.0 Å². The van der Waals surface area contributed by atoms with E-state index in [2.05, 4.69) is 22.4 Å². The quantitative estimate of drug-likeness (QED) is 0.585. The van der Waals surface area contributed by atoms with Crippen molar-refractivity contribution in [2.24, 2.45) is 0 Å². The summed E-state index contributed by atoms with van der Waals surface area (Å²) in [5, 5.41) is 12.2. The molecule has 1 aromatic heterocycles. The summed E-state index contributed by atoms with van der Waals surface area (Å²) in [7, 11) is 3.04. The summed E-state index contributed by atoms with van der Waals surface area (Å²) < 4.78 is 10.5. The highest BCUT2D eigenvalue weighted by atomic mass is 32.1. The average Bonchev–Trinajstić information content (AvgIpc) is 3.45. The number of nitrogens with one attached hydrogen (secondary N) is 1. The van der Waals surface area contributed by atoms with Crippen LogP contribution in [0.2, 0.25) is 0 Å². The zero-order valence-electron chi connectivity index (χ0n) is 18.1. The molecule has 0 unspecified atom stereocenters. The van der Waals surface area contributed by atoms with Crippen LogP contribution in [0, 0.1) is 0 Å². The van der Waals surface area contributed by atoms with Crippen LogP contribution in [-0.4, -0.2) is 42.8 Å². The number of rotatable bonds is 7. The molecule has 1 fully saturated rings. The summed E-state index contributed by atoms with van der Waals surface area (Å²) in [4.78, 5) is 27.1. The fourth-order valence-electron chi connectivity index (χ4n) is 3.63. The van der Waals surface area contributed by atoms with Crippen LogP contribution in [0.1, 0.15) is 40.2 Å². The number of ether oxygens (including phenoxy) is 2. The van der Waals surface area contributed by atoms with E-state index in [4.69, 9.17) is 9.47 Å². The molecule has 4 rings (SSSR count). The second-order valence-corrected chi connectivity index (χ2v) is 8.40. The van der Waals surface area contributed by atoms with Crippen molar-refractivity contribution in [2.75, 3.05) is 31.0 Å². The number of nitrogens with zero attached hydrogens (tertiary/aromatic N) is 3. The van der Waals surface area contributed by atoms with Gasteiger partial charge in [0.25, 0.3) is 5.91 Å². The number of aromatic nitrogens is 2. The molecule has 32 heavy (non-hydrogen) atoms. The number of hydrogen-bond acceptors (Lipinski definition) is 7. The third-order valence-electron chi connectivity index (χ3n) is 5.44. The first-order chi connectivity index (χ1) is 15.5. The van der Waals surface area contributed by atoms with Crippen molar-refractivity contribution in [3.8, 4) is 11.5 Å². The van der Waals surface area contributed by atoms with Gasteiger partial charge >= 0.3 is 0 Å². The lowest BCUT2D eigenvalue weighted by atomic mass is 10.1. The number of carbonyl (C=O) groups is 2. The van der Waals surface area contributed by atoms with Gasteiger partial charge in [-0.2, -0.15) is 0 Å². The zero-order chi connectivity index (χ0) is 22.7. The highest BCUT2D eigenvalue weighted by Gasteiger charge is 2.34. The van der Waals surface area contributed by atoms with E-state index in [-0.39, 0.29) is 17.7 Å². The zero-order valence-corrected chi connectivity index (χ0v) is 18.9. The number of anilines is 2. The molecule has 8 nitrogen and oxygen atoms in total. The number of benzene rings is 2. The second kappa shape index (κ2) is 9.35. The lowest BCUT2D eigenvalue weighted by Crippen LogP contribution is -2.24. The van der Waals surface area contributed by atoms with Crippen LogP contribution in [0.3, 0.4) is 0 Å². The maximum Gasteiger partial charge on any atom is 0.261 e. The lowest BCUT2D eigenvalue weighted by molar-refractivity contribution is -0.117. The van der Waals surface area contributed by atoms with E-state index in [1.54, 1.807) is 30.2 Å².